The molecule has 0 radical (unpaired) electrons. The van der Waals surface area contributed by atoms with Gasteiger partial charge in [0.2, 0.25) is 23.6 Å². The van der Waals surface area contributed by atoms with Crippen LogP contribution < -0.4 is 21.3 Å². The highest BCUT2D eigenvalue weighted by atomic mass is 16.2. The molecule has 0 spiro atoms. The molecule has 2 aliphatic heterocycles. The predicted molar refractivity (Wildman–Crippen MR) is 80.7 cm³/mol. The summed E-state index contributed by atoms with van der Waals surface area (Å²) >= 11 is 0. The first-order valence-electron chi connectivity index (χ1n) is 7.47. The van der Waals surface area contributed by atoms with E-state index in [2.05, 4.69) is 21.3 Å². The highest BCUT2D eigenvalue weighted by molar-refractivity contribution is 6.00. The Kier molecular flexibility index (Phi) is 4.45. The molecule has 2 aliphatic rings. The Labute approximate surface area is 134 Å². The minimum Gasteiger partial charge on any atom is -0.346 e. The van der Waals surface area contributed by atoms with Crippen LogP contribution in [0.2, 0.25) is 0 Å². The van der Waals surface area contributed by atoms with Crippen molar-refractivity contribution in [3.8, 4) is 0 Å². The van der Waals surface area contributed by atoms with Crippen molar-refractivity contribution >= 4 is 23.6 Å². The summed E-state index contributed by atoms with van der Waals surface area (Å²) in [5.41, 5.74) is -1.70. The molecule has 4 amide bonds. The highest BCUT2D eigenvalue weighted by Gasteiger charge is 2.43. The van der Waals surface area contributed by atoms with Gasteiger partial charge in [0.05, 0.1) is 36.9 Å². The molecule has 2 rings (SSSR count). The van der Waals surface area contributed by atoms with Crippen LogP contribution in [-0.4, -0.2) is 60.0 Å². The number of rotatable bonds is 4. The summed E-state index contributed by atoms with van der Waals surface area (Å²) in [7, 11) is 0. The lowest BCUT2D eigenvalue weighted by atomic mass is 9.88. The standard InChI is InChI=1S/C14H23N5O4/c1-13(2,11-15-5-8(20)18-11)12(23)16-6-9(21)19-10(22)7-17-14(19,3)4/h11,15,17H,5-7H2,1-4H3,(H,16,23)(H,18,20). The smallest absolute Gasteiger partial charge is 0.250 e. The lowest BCUT2D eigenvalue weighted by Gasteiger charge is -2.32. The van der Waals surface area contributed by atoms with E-state index < -0.39 is 23.2 Å². The van der Waals surface area contributed by atoms with Gasteiger partial charge >= 0.3 is 0 Å². The number of nitrogens with zero attached hydrogens (tertiary/aromatic N) is 1. The van der Waals surface area contributed by atoms with E-state index >= 15 is 0 Å². The summed E-state index contributed by atoms with van der Waals surface area (Å²) in [5.74, 6) is -1.36. The van der Waals surface area contributed by atoms with Gasteiger partial charge in [0, 0.05) is 0 Å². The molecule has 0 aromatic carbocycles. The van der Waals surface area contributed by atoms with E-state index in [1.807, 2.05) is 0 Å². The van der Waals surface area contributed by atoms with Crippen LogP contribution in [0.5, 0.6) is 0 Å². The van der Waals surface area contributed by atoms with Gasteiger partial charge in [-0.3, -0.25) is 34.7 Å². The first-order chi connectivity index (χ1) is 10.6. The van der Waals surface area contributed by atoms with E-state index in [1.165, 1.54) is 0 Å². The maximum absolute atomic E-state index is 12.3. The molecule has 1 atom stereocenters. The summed E-state index contributed by atoms with van der Waals surface area (Å²) in [6.45, 7) is 6.75. The van der Waals surface area contributed by atoms with Crippen LogP contribution in [0.15, 0.2) is 0 Å². The summed E-state index contributed by atoms with van der Waals surface area (Å²) < 4.78 is 0. The molecule has 0 aliphatic carbocycles. The van der Waals surface area contributed by atoms with Crippen molar-refractivity contribution in [1.29, 1.82) is 0 Å². The third-order valence-electron chi connectivity index (χ3n) is 4.21. The number of hydrogen-bond acceptors (Lipinski definition) is 6. The highest BCUT2D eigenvalue weighted by Crippen LogP contribution is 2.21. The Bertz CT molecular complexity index is 557. The van der Waals surface area contributed by atoms with Crippen molar-refractivity contribution in [2.75, 3.05) is 19.6 Å². The fourth-order valence-electron chi connectivity index (χ4n) is 2.70. The monoisotopic (exact) mass is 325 g/mol. The second-order valence-corrected chi connectivity index (χ2v) is 6.82. The molecule has 2 fully saturated rings. The molecule has 0 bridgehead atoms. The molecule has 1 unspecified atom stereocenters. The summed E-state index contributed by atoms with van der Waals surface area (Å²) in [5, 5.41) is 11.1. The van der Waals surface area contributed by atoms with E-state index in [1.54, 1.807) is 27.7 Å². The van der Waals surface area contributed by atoms with Crippen LogP contribution in [-0.2, 0) is 19.2 Å². The zero-order valence-corrected chi connectivity index (χ0v) is 13.8. The van der Waals surface area contributed by atoms with Gasteiger partial charge in [0.1, 0.15) is 0 Å². The second kappa shape index (κ2) is 5.89. The Balaban J connectivity index is 1.94. The van der Waals surface area contributed by atoms with Crippen LogP contribution in [0.4, 0.5) is 0 Å². The third kappa shape index (κ3) is 3.35. The quantitative estimate of drug-likeness (QED) is 0.469. The summed E-state index contributed by atoms with van der Waals surface area (Å²) in [6.07, 6.45) is -0.503. The van der Waals surface area contributed by atoms with Crippen molar-refractivity contribution in [1.82, 2.24) is 26.2 Å². The first kappa shape index (κ1) is 17.4. The second-order valence-electron chi connectivity index (χ2n) is 6.82. The van der Waals surface area contributed by atoms with Crippen LogP contribution >= 0.6 is 0 Å². The average Bonchev–Trinajstić information content (AvgIpc) is 3.00. The molecule has 128 valence electrons. The maximum Gasteiger partial charge on any atom is 0.250 e. The van der Waals surface area contributed by atoms with Gasteiger partial charge in [-0.2, -0.15) is 0 Å². The van der Waals surface area contributed by atoms with Crippen LogP contribution in [0.3, 0.4) is 0 Å². The number of nitrogens with one attached hydrogen (secondary N) is 4. The van der Waals surface area contributed by atoms with Crippen molar-refractivity contribution in [2.24, 2.45) is 5.41 Å². The van der Waals surface area contributed by atoms with Gasteiger partial charge in [-0.1, -0.05) is 0 Å². The predicted octanol–water partition coefficient (Wildman–Crippen LogP) is -2.13. The number of hydrogen-bond donors (Lipinski definition) is 4. The zero-order valence-electron chi connectivity index (χ0n) is 13.8. The molecule has 0 saturated carbocycles. The van der Waals surface area contributed by atoms with E-state index in [0.717, 1.165) is 4.90 Å². The largest absolute Gasteiger partial charge is 0.346 e. The summed E-state index contributed by atoms with van der Waals surface area (Å²) in [4.78, 5) is 48.8. The van der Waals surface area contributed by atoms with Gasteiger partial charge in [0.25, 0.3) is 0 Å². The molecule has 0 aromatic heterocycles. The molecule has 23 heavy (non-hydrogen) atoms. The minimum absolute atomic E-state index is 0.0935. The number of imide groups is 1. The van der Waals surface area contributed by atoms with E-state index in [9.17, 15) is 19.2 Å². The average molecular weight is 325 g/mol. The fraction of sp³-hybridized carbons (Fsp3) is 0.714. The fourth-order valence-corrected chi connectivity index (χ4v) is 2.70. The molecule has 9 nitrogen and oxygen atoms in total. The van der Waals surface area contributed by atoms with Crippen LogP contribution in [0, 0.1) is 5.41 Å². The van der Waals surface area contributed by atoms with Crippen LogP contribution in [0.1, 0.15) is 27.7 Å². The summed E-state index contributed by atoms with van der Waals surface area (Å²) in [6, 6.07) is 0. The third-order valence-corrected chi connectivity index (χ3v) is 4.21. The van der Waals surface area contributed by atoms with Crippen molar-refractivity contribution in [3.05, 3.63) is 0 Å². The van der Waals surface area contributed by atoms with Crippen LogP contribution in [0.25, 0.3) is 0 Å². The molecule has 4 N–H and O–H groups in total. The zero-order chi connectivity index (χ0) is 17.4. The van der Waals surface area contributed by atoms with E-state index in [-0.39, 0.29) is 37.4 Å². The molecule has 0 aromatic rings. The van der Waals surface area contributed by atoms with E-state index in [4.69, 9.17) is 0 Å². The Morgan fingerprint density at radius 3 is 2.43 bits per heavy atom. The molecular formula is C14H23N5O4. The number of carbonyl (C=O) groups is 4. The maximum atomic E-state index is 12.3. The Morgan fingerprint density at radius 1 is 1.30 bits per heavy atom. The molecule has 9 heteroatoms. The first-order valence-corrected chi connectivity index (χ1v) is 7.47. The van der Waals surface area contributed by atoms with Crippen molar-refractivity contribution < 1.29 is 19.2 Å². The molecule has 2 heterocycles. The van der Waals surface area contributed by atoms with Crippen molar-refractivity contribution in [2.45, 2.75) is 39.5 Å². The lowest BCUT2D eigenvalue weighted by molar-refractivity contribution is -0.147. The van der Waals surface area contributed by atoms with Gasteiger partial charge in [-0.15, -0.1) is 0 Å². The van der Waals surface area contributed by atoms with E-state index in [0.29, 0.717) is 0 Å². The van der Waals surface area contributed by atoms with Gasteiger partial charge in [-0.25, -0.2) is 0 Å². The minimum atomic E-state index is -0.935. The SMILES string of the molecule is CC(C)(C(=O)NCC(=O)N1C(=O)CNC1(C)C)C1NCC(=O)N1. The lowest BCUT2D eigenvalue weighted by Crippen LogP contribution is -2.56. The number of amides is 4. The number of carbonyl (C=O) groups excluding carboxylic acids is 4. The van der Waals surface area contributed by atoms with Gasteiger partial charge in [-0.05, 0) is 27.7 Å². The van der Waals surface area contributed by atoms with Gasteiger partial charge in [0.15, 0.2) is 0 Å². The van der Waals surface area contributed by atoms with Gasteiger partial charge < -0.3 is 10.6 Å². The molecular weight excluding hydrogens is 302 g/mol. The normalized spacial score (nSPS) is 23.8. The molecule has 2 saturated heterocycles. The van der Waals surface area contributed by atoms with Crippen molar-refractivity contribution in [3.63, 3.8) is 0 Å². The topological polar surface area (TPSA) is 120 Å². The Hall–Kier alpha value is -2.00. The Morgan fingerprint density at radius 2 is 1.96 bits per heavy atom.